The predicted octanol–water partition coefficient (Wildman–Crippen LogP) is 8.24. The van der Waals surface area contributed by atoms with E-state index in [4.69, 9.17) is 0 Å². The molecule has 0 aliphatic rings. The van der Waals surface area contributed by atoms with Gasteiger partial charge in [-0.3, -0.25) is 9.78 Å². The van der Waals surface area contributed by atoms with Crippen LogP contribution in [0.25, 0.3) is 22.0 Å². The van der Waals surface area contributed by atoms with Crippen LogP contribution >= 0.6 is 0 Å². The van der Waals surface area contributed by atoms with Gasteiger partial charge in [-0.1, -0.05) is 42.5 Å². The minimum Gasteiger partial charge on any atom is -0.294 e. The van der Waals surface area contributed by atoms with Gasteiger partial charge in [0.25, 0.3) is 0 Å². The second-order valence-corrected chi connectivity index (χ2v) is 8.58. The molecule has 186 valence electrons. The largest absolute Gasteiger partial charge is 0.416 e. The Morgan fingerprint density at radius 2 is 1.42 bits per heavy atom. The summed E-state index contributed by atoms with van der Waals surface area (Å²) in [5, 5.41) is 0.417. The molecule has 0 spiro atoms. The summed E-state index contributed by atoms with van der Waals surface area (Å²) < 4.78 is 78.6. The molecule has 0 saturated heterocycles. The van der Waals surface area contributed by atoms with Crippen molar-refractivity contribution < 1.29 is 31.1 Å². The average Bonchev–Trinajstić information content (AvgIpc) is 2.80. The molecule has 0 N–H and O–H groups in total. The second-order valence-electron chi connectivity index (χ2n) is 8.58. The molecule has 4 aromatic rings. The fourth-order valence-corrected chi connectivity index (χ4v) is 4.40. The summed E-state index contributed by atoms with van der Waals surface area (Å²) in [7, 11) is 0. The van der Waals surface area contributed by atoms with Crippen LogP contribution in [0.15, 0.2) is 66.7 Å². The number of nitrogens with zero attached hydrogens (tertiary/aromatic N) is 1. The molecule has 1 heterocycles. The Hall–Kier alpha value is -3.68. The summed E-state index contributed by atoms with van der Waals surface area (Å²) in [5.41, 5.74) is 1.90. The van der Waals surface area contributed by atoms with Gasteiger partial charge in [-0.15, -0.1) is 0 Å². The molecule has 0 fully saturated rings. The molecule has 0 bridgehead atoms. The number of aromatic nitrogens is 1. The maximum Gasteiger partial charge on any atom is 0.416 e. The summed E-state index contributed by atoms with van der Waals surface area (Å²) >= 11 is 0. The highest BCUT2D eigenvalue weighted by Crippen LogP contribution is 2.38. The third kappa shape index (κ3) is 5.12. The molecule has 0 amide bonds. The van der Waals surface area contributed by atoms with Gasteiger partial charge >= 0.3 is 12.4 Å². The van der Waals surface area contributed by atoms with Gasteiger partial charge in [0.1, 0.15) is 0 Å². The van der Waals surface area contributed by atoms with E-state index < -0.39 is 23.5 Å². The van der Waals surface area contributed by atoms with E-state index in [-0.39, 0.29) is 11.3 Å². The minimum atomic E-state index is -4.54. The number of hydrogen-bond acceptors (Lipinski definition) is 2. The van der Waals surface area contributed by atoms with E-state index in [2.05, 4.69) is 4.98 Å². The van der Waals surface area contributed by atoms with Crippen molar-refractivity contribution in [1.29, 1.82) is 0 Å². The van der Waals surface area contributed by atoms with Crippen LogP contribution in [0.2, 0.25) is 0 Å². The molecule has 0 aliphatic carbocycles. The maximum atomic E-state index is 13.3. The van der Waals surface area contributed by atoms with Crippen LogP contribution < -0.4 is 0 Å². The van der Waals surface area contributed by atoms with Gasteiger partial charge < -0.3 is 0 Å². The fraction of sp³-hybridized carbons (Fsp3) is 0.214. The first-order chi connectivity index (χ1) is 16.9. The highest BCUT2D eigenvalue weighted by molar-refractivity contribution is 6.10. The molecule has 1 aromatic heterocycles. The first-order valence-electron chi connectivity index (χ1n) is 11.1. The van der Waals surface area contributed by atoms with E-state index in [1.807, 2.05) is 6.07 Å². The Kier molecular flexibility index (Phi) is 6.64. The fourth-order valence-electron chi connectivity index (χ4n) is 4.40. The number of Topliss-reactive ketones (excluding diaryl/α,β-unsaturated/α-hetero) is 1. The molecule has 8 heteroatoms. The molecule has 0 saturated carbocycles. The van der Waals surface area contributed by atoms with Crippen molar-refractivity contribution in [3.05, 3.63) is 100 Å². The third-order valence-electron chi connectivity index (χ3n) is 6.10. The van der Waals surface area contributed by atoms with Crippen LogP contribution in [0.3, 0.4) is 0 Å². The summed E-state index contributed by atoms with van der Waals surface area (Å²) in [6, 6.07) is 15.4. The van der Waals surface area contributed by atoms with Gasteiger partial charge in [0, 0.05) is 22.2 Å². The van der Waals surface area contributed by atoms with Crippen molar-refractivity contribution in [3.8, 4) is 11.1 Å². The first-order valence-corrected chi connectivity index (χ1v) is 11.1. The number of benzene rings is 3. The van der Waals surface area contributed by atoms with Crippen molar-refractivity contribution in [2.24, 2.45) is 0 Å². The number of carbonyl (C=O) groups is 1. The van der Waals surface area contributed by atoms with E-state index in [1.165, 1.54) is 25.1 Å². The average molecular weight is 501 g/mol. The van der Waals surface area contributed by atoms with Gasteiger partial charge in [-0.05, 0) is 67.6 Å². The number of aryl methyl sites for hydroxylation is 3. The standard InChI is InChI=1S/C28H21F6NO/c1-16-25(17(2)36)26(23-14-13-21(28(32,33)34)15-24(23)35-16)22-6-4-3-5-19(22)10-7-18-8-11-20(12-9-18)27(29,30)31/h3-6,8-9,11-15H,7,10H2,1-2H3. The van der Waals surface area contributed by atoms with Crippen molar-refractivity contribution in [2.75, 3.05) is 0 Å². The molecule has 0 aliphatic heterocycles. The molecule has 0 radical (unpaired) electrons. The number of fused-ring (bicyclic) bond motifs is 1. The van der Waals surface area contributed by atoms with E-state index in [9.17, 15) is 31.1 Å². The van der Waals surface area contributed by atoms with Gasteiger partial charge in [-0.25, -0.2) is 0 Å². The zero-order chi connectivity index (χ0) is 26.3. The molecule has 4 rings (SSSR count). The van der Waals surface area contributed by atoms with Crippen LogP contribution in [-0.2, 0) is 25.2 Å². The molecule has 2 nitrogen and oxygen atoms in total. The Balaban J connectivity index is 1.81. The summed E-state index contributed by atoms with van der Waals surface area (Å²) in [6.07, 6.45) is -8.07. The number of hydrogen-bond donors (Lipinski definition) is 0. The van der Waals surface area contributed by atoms with Crippen LogP contribution in [0.5, 0.6) is 0 Å². The number of pyridine rings is 1. The number of alkyl halides is 6. The van der Waals surface area contributed by atoms with Crippen molar-refractivity contribution >= 4 is 16.7 Å². The normalized spacial score (nSPS) is 12.2. The molecular weight excluding hydrogens is 480 g/mol. The van der Waals surface area contributed by atoms with E-state index in [0.29, 0.717) is 46.2 Å². The summed E-state index contributed by atoms with van der Waals surface area (Å²) in [5.74, 6) is -0.269. The smallest absolute Gasteiger partial charge is 0.294 e. The van der Waals surface area contributed by atoms with Crippen molar-refractivity contribution in [1.82, 2.24) is 4.98 Å². The van der Waals surface area contributed by atoms with Crippen LogP contribution in [0.4, 0.5) is 26.3 Å². The Morgan fingerprint density at radius 1 is 0.806 bits per heavy atom. The third-order valence-corrected chi connectivity index (χ3v) is 6.10. The number of halogens is 6. The summed E-state index contributed by atoms with van der Waals surface area (Å²) in [4.78, 5) is 16.9. The quantitative estimate of drug-likeness (QED) is 0.204. The van der Waals surface area contributed by atoms with E-state index in [1.54, 1.807) is 25.1 Å². The lowest BCUT2D eigenvalue weighted by molar-refractivity contribution is -0.138. The second kappa shape index (κ2) is 9.41. The molecule has 3 aromatic carbocycles. The highest BCUT2D eigenvalue weighted by atomic mass is 19.4. The van der Waals surface area contributed by atoms with Gasteiger partial charge in [-0.2, -0.15) is 26.3 Å². The van der Waals surface area contributed by atoms with E-state index >= 15 is 0 Å². The number of carbonyl (C=O) groups excluding carboxylic acids is 1. The maximum absolute atomic E-state index is 13.3. The number of ketones is 1. The lowest BCUT2D eigenvalue weighted by atomic mass is 9.88. The van der Waals surface area contributed by atoms with E-state index in [0.717, 1.165) is 29.8 Å². The zero-order valence-electron chi connectivity index (χ0n) is 19.4. The lowest BCUT2D eigenvalue weighted by Crippen LogP contribution is -2.08. The van der Waals surface area contributed by atoms with Gasteiger partial charge in [0.2, 0.25) is 0 Å². The Bertz CT molecular complexity index is 1440. The zero-order valence-corrected chi connectivity index (χ0v) is 19.4. The monoisotopic (exact) mass is 501 g/mol. The van der Waals surface area contributed by atoms with Gasteiger partial charge in [0.05, 0.1) is 16.6 Å². The van der Waals surface area contributed by atoms with Crippen LogP contribution in [0.1, 0.15) is 45.2 Å². The van der Waals surface area contributed by atoms with Crippen LogP contribution in [0, 0.1) is 6.92 Å². The van der Waals surface area contributed by atoms with Crippen LogP contribution in [-0.4, -0.2) is 10.8 Å². The SMILES string of the molecule is CC(=O)c1c(C)nc2cc(C(F)(F)F)ccc2c1-c1ccccc1CCc1ccc(C(F)(F)F)cc1. The van der Waals surface area contributed by atoms with Gasteiger partial charge in [0.15, 0.2) is 5.78 Å². The molecule has 0 unspecified atom stereocenters. The Morgan fingerprint density at radius 3 is 2.03 bits per heavy atom. The molecular formula is C28H21F6NO. The number of rotatable bonds is 5. The first kappa shape index (κ1) is 25.4. The Labute approximate surface area is 203 Å². The highest BCUT2D eigenvalue weighted by Gasteiger charge is 2.32. The lowest BCUT2D eigenvalue weighted by Gasteiger charge is -2.18. The molecule has 36 heavy (non-hydrogen) atoms. The summed E-state index contributed by atoms with van der Waals surface area (Å²) in [6.45, 7) is 2.97. The topological polar surface area (TPSA) is 30.0 Å². The predicted molar refractivity (Wildman–Crippen MR) is 126 cm³/mol. The van der Waals surface area contributed by atoms with Crippen molar-refractivity contribution in [3.63, 3.8) is 0 Å². The minimum absolute atomic E-state index is 0.125. The van der Waals surface area contributed by atoms with Crippen molar-refractivity contribution in [2.45, 2.75) is 39.0 Å². The molecule has 0 atom stereocenters.